The average molecular weight is 450 g/mol. The monoisotopic (exact) mass is 449 g/mol. The minimum absolute atomic E-state index is 0.0566. The van der Waals surface area contributed by atoms with E-state index in [2.05, 4.69) is 35.9 Å². The first-order chi connectivity index (χ1) is 15.2. The Morgan fingerprint density at radius 1 is 1.06 bits per heavy atom. The van der Waals surface area contributed by atoms with Crippen LogP contribution in [0.3, 0.4) is 0 Å². The molecule has 1 aromatic carbocycles. The van der Waals surface area contributed by atoms with Crippen molar-refractivity contribution in [3.05, 3.63) is 71.3 Å². The standard InChI is InChI=1S/C26H28ClN3O2/c1-17(2)24-14-18(6-9-29-24)20-12-21(16-28-15-20)22-5-4-19(13-23(22)27)25(31)30-10-7-26(3,32)8-11-30/h4-6,9,12-17,32H,7-8,10-11H2,1-3H3. The third-order valence-corrected chi connectivity index (χ3v) is 6.41. The van der Waals surface area contributed by atoms with Crippen molar-refractivity contribution in [3.63, 3.8) is 0 Å². The normalized spacial score (nSPS) is 15.8. The van der Waals surface area contributed by atoms with Crippen LogP contribution in [0.15, 0.2) is 55.0 Å². The van der Waals surface area contributed by atoms with Crippen LogP contribution < -0.4 is 0 Å². The lowest BCUT2D eigenvalue weighted by Gasteiger charge is -2.35. The van der Waals surface area contributed by atoms with Crippen molar-refractivity contribution in [2.24, 2.45) is 0 Å². The number of pyridine rings is 2. The summed E-state index contributed by atoms with van der Waals surface area (Å²) >= 11 is 6.61. The highest BCUT2D eigenvalue weighted by atomic mass is 35.5. The fourth-order valence-electron chi connectivity index (χ4n) is 3.95. The number of carbonyl (C=O) groups is 1. The summed E-state index contributed by atoms with van der Waals surface area (Å²) in [6.07, 6.45) is 6.60. The number of carbonyl (C=O) groups excluding carboxylic acids is 1. The molecule has 0 unspecified atom stereocenters. The van der Waals surface area contributed by atoms with Gasteiger partial charge in [-0.3, -0.25) is 14.8 Å². The van der Waals surface area contributed by atoms with Gasteiger partial charge in [0.15, 0.2) is 0 Å². The molecule has 1 fully saturated rings. The molecule has 3 heterocycles. The lowest BCUT2D eigenvalue weighted by Crippen LogP contribution is -2.45. The van der Waals surface area contributed by atoms with Crippen molar-refractivity contribution in [1.29, 1.82) is 0 Å². The van der Waals surface area contributed by atoms with Gasteiger partial charge < -0.3 is 10.0 Å². The van der Waals surface area contributed by atoms with Gasteiger partial charge in [0.2, 0.25) is 0 Å². The predicted octanol–water partition coefficient (Wildman–Crippen LogP) is 5.57. The number of likely N-dealkylation sites (tertiary alicyclic amines) is 1. The molecule has 1 aliphatic rings. The van der Waals surface area contributed by atoms with Gasteiger partial charge in [-0.15, -0.1) is 0 Å². The summed E-state index contributed by atoms with van der Waals surface area (Å²) in [7, 11) is 0. The minimum Gasteiger partial charge on any atom is -0.390 e. The molecule has 4 rings (SSSR count). The molecule has 1 aliphatic heterocycles. The van der Waals surface area contributed by atoms with Crippen LogP contribution in [0.5, 0.6) is 0 Å². The van der Waals surface area contributed by atoms with Crippen molar-refractivity contribution >= 4 is 17.5 Å². The van der Waals surface area contributed by atoms with E-state index < -0.39 is 5.60 Å². The topological polar surface area (TPSA) is 66.3 Å². The Labute approximate surface area is 194 Å². The summed E-state index contributed by atoms with van der Waals surface area (Å²) in [5, 5.41) is 10.6. The fraction of sp³-hybridized carbons (Fsp3) is 0.346. The zero-order valence-corrected chi connectivity index (χ0v) is 19.4. The molecule has 5 nitrogen and oxygen atoms in total. The Morgan fingerprint density at radius 3 is 2.47 bits per heavy atom. The van der Waals surface area contributed by atoms with Crippen LogP contribution in [0.2, 0.25) is 5.02 Å². The number of aliphatic hydroxyl groups is 1. The highest BCUT2D eigenvalue weighted by Gasteiger charge is 2.30. The molecule has 32 heavy (non-hydrogen) atoms. The Balaban J connectivity index is 1.58. The van der Waals surface area contributed by atoms with E-state index in [1.165, 1.54) is 0 Å². The van der Waals surface area contributed by atoms with Crippen LogP contribution in [0, 0.1) is 0 Å². The van der Waals surface area contributed by atoms with Crippen molar-refractivity contribution in [2.75, 3.05) is 13.1 Å². The van der Waals surface area contributed by atoms with E-state index in [0.717, 1.165) is 27.9 Å². The second-order valence-corrected chi connectivity index (χ2v) is 9.48. The summed E-state index contributed by atoms with van der Waals surface area (Å²) in [5.41, 5.74) is 4.67. The van der Waals surface area contributed by atoms with E-state index in [-0.39, 0.29) is 5.91 Å². The third kappa shape index (κ3) is 4.84. The first-order valence-electron chi connectivity index (χ1n) is 11.0. The van der Waals surface area contributed by atoms with E-state index in [1.54, 1.807) is 17.2 Å². The van der Waals surface area contributed by atoms with Crippen molar-refractivity contribution < 1.29 is 9.90 Å². The Bertz CT molecular complexity index is 1130. The van der Waals surface area contributed by atoms with Crippen LogP contribution in [0.4, 0.5) is 0 Å². The summed E-state index contributed by atoms with van der Waals surface area (Å²) in [4.78, 5) is 23.5. The smallest absolute Gasteiger partial charge is 0.253 e. The van der Waals surface area contributed by atoms with E-state index in [1.807, 2.05) is 37.5 Å². The number of aromatic nitrogens is 2. The molecule has 166 valence electrons. The van der Waals surface area contributed by atoms with Crippen molar-refractivity contribution in [1.82, 2.24) is 14.9 Å². The molecule has 0 spiro atoms. The maximum atomic E-state index is 12.9. The summed E-state index contributed by atoms with van der Waals surface area (Å²) in [6.45, 7) is 7.15. The van der Waals surface area contributed by atoms with Gasteiger partial charge in [0, 0.05) is 64.7 Å². The molecule has 0 bridgehead atoms. The number of amides is 1. The molecule has 6 heteroatoms. The van der Waals surface area contributed by atoms with Gasteiger partial charge in [-0.2, -0.15) is 0 Å². The molecule has 1 saturated heterocycles. The lowest BCUT2D eigenvalue weighted by molar-refractivity contribution is -0.00202. The van der Waals surface area contributed by atoms with Crippen LogP contribution in [-0.2, 0) is 0 Å². The Kier molecular flexibility index (Phi) is 6.31. The van der Waals surface area contributed by atoms with E-state index in [0.29, 0.717) is 42.4 Å². The van der Waals surface area contributed by atoms with Crippen LogP contribution in [-0.4, -0.2) is 44.6 Å². The molecule has 1 amide bonds. The van der Waals surface area contributed by atoms with Crippen LogP contribution in [0.25, 0.3) is 22.3 Å². The van der Waals surface area contributed by atoms with Gasteiger partial charge in [-0.1, -0.05) is 31.5 Å². The molecule has 1 N–H and O–H groups in total. The lowest BCUT2D eigenvalue weighted by atomic mass is 9.93. The molecule has 0 radical (unpaired) electrons. The zero-order chi connectivity index (χ0) is 22.9. The minimum atomic E-state index is -0.693. The van der Waals surface area contributed by atoms with Crippen LogP contribution >= 0.6 is 11.6 Å². The van der Waals surface area contributed by atoms with E-state index in [4.69, 9.17) is 11.6 Å². The third-order valence-electron chi connectivity index (χ3n) is 6.10. The Hall–Kier alpha value is -2.76. The van der Waals surface area contributed by atoms with Gasteiger partial charge in [0.25, 0.3) is 5.91 Å². The highest BCUT2D eigenvalue weighted by Crippen LogP contribution is 2.32. The van der Waals surface area contributed by atoms with Gasteiger partial charge in [-0.05, 0) is 61.6 Å². The number of piperidine rings is 1. The van der Waals surface area contributed by atoms with Gasteiger partial charge in [0.05, 0.1) is 5.60 Å². The largest absolute Gasteiger partial charge is 0.390 e. The zero-order valence-electron chi connectivity index (χ0n) is 18.7. The average Bonchev–Trinajstić information content (AvgIpc) is 2.78. The molecule has 0 aliphatic carbocycles. The second-order valence-electron chi connectivity index (χ2n) is 9.07. The van der Waals surface area contributed by atoms with Crippen molar-refractivity contribution in [2.45, 2.75) is 45.1 Å². The maximum absolute atomic E-state index is 12.9. The van der Waals surface area contributed by atoms with E-state index in [9.17, 15) is 9.90 Å². The summed E-state index contributed by atoms with van der Waals surface area (Å²) in [5.74, 6) is 0.287. The number of hydrogen-bond acceptors (Lipinski definition) is 4. The Morgan fingerprint density at radius 2 is 1.78 bits per heavy atom. The fourth-order valence-corrected chi connectivity index (χ4v) is 4.23. The molecular formula is C26H28ClN3O2. The maximum Gasteiger partial charge on any atom is 0.253 e. The van der Waals surface area contributed by atoms with Crippen molar-refractivity contribution in [3.8, 4) is 22.3 Å². The van der Waals surface area contributed by atoms with Gasteiger partial charge in [-0.25, -0.2) is 0 Å². The number of hydrogen-bond donors (Lipinski definition) is 1. The highest BCUT2D eigenvalue weighted by molar-refractivity contribution is 6.33. The predicted molar refractivity (Wildman–Crippen MR) is 128 cm³/mol. The SMILES string of the molecule is CC(C)c1cc(-c2cncc(-c3ccc(C(=O)N4CCC(C)(O)CC4)cc3Cl)c2)ccn1. The molecular weight excluding hydrogens is 422 g/mol. The van der Waals surface area contributed by atoms with E-state index >= 15 is 0 Å². The number of rotatable bonds is 4. The molecule has 0 saturated carbocycles. The summed E-state index contributed by atoms with van der Waals surface area (Å²) in [6, 6.07) is 11.5. The number of benzene rings is 1. The van der Waals surface area contributed by atoms with Crippen LogP contribution in [0.1, 0.15) is 55.6 Å². The first kappa shape index (κ1) is 22.4. The quantitative estimate of drug-likeness (QED) is 0.565. The second kappa shape index (κ2) is 9.00. The summed E-state index contributed by atoms with van der Waals surface area (Å²) < 4.78 is 0. The van der Waals surface area contributed by atoms with Gasteiger partial charge >= 0.3 is 0 Å². The first-order valence-corrected chi connectivity index (χ1v) is 11.3. The number of halogens is 1. The molecule has 2 aromatic heterocycles. The number of nitrogens with zero attached hydrogens (tertiary/aromatic N) is 3. The van der Waals surface area contributed by atoms with Gasteiger partial charge in [0.1, 0.15) is 0 Å². The molecule has 0 atom stereocenters. The molecule has 3 aromatic rings.